The summed E-state index contributed by atoms with van der Waals surface area (Å²) in [6, 6.07) is 7.50. The zero-order valence-corrected chi connectivity index (χ0v) is 53.0. The minimum atomic E-state index is -1.31. The molecule has 2 aliphatic heterocycles. The molecule has 0 radical (unpaired) electrons. The van der Waals surface area contributed by atoms with Crippen molar-refractivity contribution >= 4 is 79.4 Å². The van der Waals surface area contributed by atoms with E-state index in [4.69, 9.17) is 38.4 Å². The first-order chi connectivity index (χ1) is 35.5. The van der Waals surface area contributed by atoms with Crippen LogP contribution in [0.1, 0.15) is 132 Å². The van der Waals surface area contributed by atoms with Gasteiger partial charge in [0.05, 0.1) is 28.3 Å². The number of fused-ring (bicyclic) bond motifs is 2. The first-order valence-electron chi connectivity index (χ1n) is 27.0. The first-order valence-corrected chi connectivity index (χ1v) is 35.2. The summed E-state index contributed by atoms with van der Waals surface area (Å²) in [5.41, 5.74) is 0.249. The van der Waals surface area contributed by atoms with Crippen LogP contribution in [-0.4, -0.2) is 155 Å². The highest BCUT2D eigenvalue weighted by atomic mass is 79.9. The molecule has 6 heterocycles. The van der Waals surface area contributed by atoms with Gasteiger partial charge in [0, 0.05) is 85.6 Å². The van der Waals surface area contributed by atoms with Gasteiger partial charge in [0.1, 0.15) is 47.5 Å². The molecule has 0 N–H and O–H groups in total. The van der Waals surface area contributed by atoms with Gasteiger partial charge in [-0.3, -0.25) is 0 Å². The maximum absolute atomic E-state index is 13.5. The molecule has 4 amide bonds. The van der Waals surface area contributed by atoms with Crippen molar-refractivity contribution in [3.63, 3.8) is 0 Å². The monoisotopic (exact) mass is 1170 g/mol. The molecule has 4 aromatic heterocycles. The van der Waals surface area contributed by atoms with E-state index in [0.717, 1.165) is 49.2 Å². The van der Waals surface area contributed by atoms with Crippen LogP contribution in [-0.2, 0) is 28.4 Å². The number of likely N-dealkylation sites (tertiary alicyclic amines) is 2. The van der Waals surface area contributed by atoms with Crippen LogP contribution in [0.4, 0.5) is 30.8 Å². The molecule has 2 aliphatic rings. The normalized spacial score (nSPS) is 16.9. The van der Waals surface area contributed by atoms with Crippen LogP contribution in [0, 0.1) is 0 Å². The SMILES string of the molecule is CC(C)(C)OC(=O)N1CCCC(c2cc(N(COCC[Si](C)(C)C)C(=O)OC(C)(C)C)n3ncc(Br)c3n2)C1.CC(C)(C)OC(=O)N1CCCC(c2cc(N(COCC[Si](C)(C)C)C(=O)OC(C)(C)C)n3nccc3n2)C1. The average Bonchev–Trinajstić information content (AvgIpc) is 3.92. The highest BCUT2D eigenvalue weighted by Crippen LogP contribution is 2.34. The molecule has 2 unspecified atom stereocenters. The lowest BCUT2D eigenvalue weighted by atomic mass is 9.94. The Hall–Kier alpha value is -4.85. The summed E-state index contributed by atoms with van der Waals surface area (Å²) in [5.74, 6) is 0.970. The zero-order chi connectivity index (χ0) is 57.5. The predicted molar refractivity (Wildman–Crippen MR) is 309 cm³/mol. The van der Waals surface area contributed by atoms with E-state index in [1.807, 2.05) is 95.2 Å². The van der Waals surface area contributed by atoms with Gasteiger partial charge in [-0.15, -0.1) is 0 Å². The Morgan fingerprint density at radius 3 is 1.44 bits per heavy atom. The van der Waals surface area contributed by atoms with E-state index in [1.54, 1.807) is 37.3 Å². The van der Waals surface area contributed by atoms with Crippen molar-refractivity contribution in [1.29, 1.82) is 0 Å². The van der Waals surface area contributed by atoms with Crippen molar-refractivity contribution < 1.29 is 47.6 Å². The lowest BCUT2D eigenvalue weighted by Gasteiger charge is -2.34. The number of rotatable bonds is 14. The Balaban J connectivity index is 0.000000284. The maximum atomic E-state index is 13.5. The Kier molecular flexibility index (Phi) is 20.9. The molecule has 0 aromatic carbocycles. The summed E-state index contributed by atoms with van der Waals surface area (Å²) in [4.78, 5) is 68.6. The quantitative estimate of drug-likeness (QED) is 0.0500. The van der Waals surface area contributed by atoms with Gasteiger partial charge in [0.25, 0.3) is 0 Å². The standard InChI is InChI=1S/C27H44BrN5O5Si.C27H45N5O5Si/c1-26(2,3)37-24(34)31-12-10-11-19(17-31)21-15-22(33-23(30-21)20(28)16-29-33)32(25(35)38-27(4,5)6)18-36-13-14-39(7,8)9;1-26(2,3)36-24(33)30-14-10-11-20(18-30)21-17-23(32-22(29-21)12-13-28-32)31(25(34)37-27(4,5)6)19-35-15-16-38(7,8)9/h15-16,19H,10-14,17-18H2,1-9H3;12-13,17,20H,10-11,14-16,18-19H2,1-9H3. The molecular formula is C54H89BrN10O10Si2. The largest absolute Gasteiger partial charge is 0.444 e. The molecule has 4 aromatic rings. The molecular weight excluding hydrogens is 1080 g/mol. The Bertz CT molecular complexity index is 2640. The molecule has 0 saturated carbocycles. The molecule has 0 bridgehead atoms. The van der Waals surface area contributed by atoms with Gasteiger partial charge in [-0.05, 0) is 137 Å². The number of ether oxygens (including phenoxy) is 6. The second-order valence-electron chi connectivity index (χ2n) is 26.5. The molecule has 23 heteroatoms. The fourth-order valence-electron chi connectivity index (χ4n) is 8.21. The van der Waals surface area contributed by atoms with Crippen LogP contribution in [0.15, 0.2) is 35.1 Å². The minimum absolute atomic E-state index is 0.0109. The summed E-state index contributed by atoms with van der Waals surface area (Å²) in [5, 5.41) is 8.91. The van der Waals surface area contributed by atoms with E-state index in [-0.39, 0.29) is 37.5 Å². The van der Waals surface area contributed by atoms with E-state index in [2.05, 4.69) is 65.4 Å². The van der Waals surface area contributed by atoms with E-state index >= 15 is 0 Å². The first kappa shape index (κ1) is 63.0. The fourth-order valence-corrected chi connectivity index (χ4v) is 10.1. The van der Waals surface area contributed by atoms with Crippen LogP contribution in [0.25, 0.3) is 11.3 Å². The highest BCUT2D eigenvalue weighted by molar-refractivity contribution is 9.10. The summed E-state index contributed by atoms with van der Waals surface area (Å²) < 4.78 is 38.7. The number of anilines is 2. The zero-order valence-electron chi connectivity index (χ0n) is 49.4. The van der Waals surface area contributed by atoms with Gasteiger partial charge >= 0.3 is 24.4 Å². The van der Waals surface area contributed by atoms with E-state index in [1.165, 1.54) is 9.80 Å². The van der Waals surface area contributed by atoms with E-state index in [0.29, 0.717) is 66.8 Å². The number of aromatic nitrogens is 6. The number of hydrogen-bond acceptors (Lipinski definition) is 14. The number of carbonyl (C=O) groups excluding carboxylic acids is 4. The predicted octanol–water partition coefficient (Wildman–Crippen LogP) is 12.6. The number of piperidine rings is 2. The number of carbonyl (C=O) groups is 4. The Labute approximate surface area is 467 Å². The molecule has 77 heavy (non-hydrogen) atoms. The molecule has 0 spiro atoms. The maximum Gasteiger partial charge on any atom is 0.417 e. The second kappa shape index (κ2) is 25.5. The van der Waals surface area contributed by atoms with Crippen LogP contribution >= 0.6 is 15.9 Å². The van der Waals surface area contributed by atoms with Gasteiger partial charge in [-0.2, -0.15) is 19.2 Å². The van der Waals surface area contributed by atoms with Crippen LogP contribution < -0.4 is 9.80 Å². The summed E-state index contributed by atoms with van der Waals surface area (Å²) >= 11 is 3.56. The molecule has 2 saturated heterocycles. The van der Waals surface area contributed by atoms with Gasteiger partial charge in [-0.25, -0.2) is 38.9 Å². The minimum Gasteiger partial charge on any atom is -0.444 e. The van der Waals surface area contributed by atoms with Crippen LogP contribution in [0.3, 0.4) is 0 Å². The second-order valence-corrected chi connectivity index (χ2v) is 38.5. The topological polar surface area (TPSA) is 197 Å². The van der Waals surface area contributed by atoms with Gasteiger partial charge in [0.15, 0.2) is 11.3 Å². The third-order valence-corrected chi connectivity index (χ3v) is 16.0. The smallest absolute Gasteiger partial charge is 0.417 e. The van der Waals surface area contributed by atoms with E-state index in [9.17, 15) is 19.2 Å². The van der Waals surface area contributed by atoms with Crippen LogP contribution in [0.5, 0.6) is 0 Å². The molecule has 430 valence electrons. The van der Waals surface area contributed by atoms with E-state index < -0.39 is 50.7 Å². The third kappa shape index (κ3) is 20.1. The molecule has 2 atom stereocenters. The molecule has 2 fully saturated rings. The third-order valence-electron chi connectivity index (χ3n) is 12.0. The van der Waals surface area contributed by atoms with Gasteiger partial charge in [0.2, 0.25) is 0 Å². The highest BCUT2D eigenvalue weighted by Gasteiger charge is 2.35. The number of hydrogen-bond donors (Lipinski definition) is 0. The van der Waals surface area contributed by atoms with Crippen molar-refractivity contribution in [2.24, 2.45) is 0 Å². The Morgan fingerprint density at radius 1 is 0.610 bits per heavy atom. The van der Waals surface area contributed by atoms with Crippen molar-refractivity contribution in [2.45, 2.75) is 194 Å². The molecule has 6 rings (SSSR count). The van der Waals surface area contributed by atoms with Gasteiger partial charge in [-0.1, -0.05) is 39.3 Å². The number of halogens is 1. The fraction of sp³-hybridized carbons (Fsp3) is 0.704. The summed E-state index contributed by atoms with van der Waals surface area (Å²) in [7, 11) is -2.61. The molecule has 20 nitrogen and oxygen atoms in total. The summed E-state index contributed by atoms with van der Waals surface area (Å²) in [6.45, 7) is 39.3. The van der Waals surface area contributed by atoms with Crippen LogP contribution in [0.2, 0.25) is 51.4 Å². The average molecular weight is 1170 g/mol. The van der Waals surface area contributed by atoms with Crippen molar-refractivity contribution in [2.75, 3.05) is 62.7 Å². The lowest BCUT2D eigenvalue weighted by Crippen LogP contribution is -2.42. The van der Waals surface area contributed by atoms with Crippen molar-refractivity contribution in [1.82, 2.24) is 39.0 Å². The lowest BCUT2D eigenvalue weighted by molar-refractivity contribution is 0.0187. The number of nitrogens with zero attached hydrogens (tertiary/aromatic N) is 10. The Morgan fingerprint density at radius 2 is 1.03 bits per heavy atom. The number of amides is 4. The summed E-state index contributed by atoms with van der Waals surface area (Å²) in [6.07, 6.45) is 5.00. The van der Waals surface area contributed by atoms with Crippen molar-refractivity contribution in [3.8, 4) is 0 Å². The van der Waals surface area contributed by atoms with Gasteiger partial charge < -0.3 is 38.2 Å². The molecule has 0 aliphatic carbocycles. The van der Waals surface area contributed by atoms with Crippen molar-refractivity contribution in [3.05, 3.63) is 46.5 Å².